The largest absolute Gasteiger partial charge is 0.387 e. The SMILES string of the molecule is CC(C)Nc1cc(-n2ccc3cc(F)cnc32)ncc1C(=O)NCC(F)C(C)(C)O. The van der Waals surface area contributed by atoms with Crippen molar-refractivity contribution in [3.63, 3.8) is 0 Å². The van der Waals surface area contributed by atoms with Gasteiger partial charge in [0.25, 0.3) is 5.91 Å². The summed E-state index contributed by atoms with van der Waals surface area (Å²) in [6.45, 7) is 6.19. The normalized spacial score (nSPS) is 12.9. The van der Waals surface area contributed by atoms with E-state index < -0.39 is 23.5 Å². The number of hydrogen-bond acceptors (Lipinski definition) is 5. The number of nitrogens with one attached hydrogen (secondary N) is 2. The highest BCUT2D eigenvalue weighted by molar-refractivity contribution is 5.99. The van der Waals surface area contributed by atoms with Crippen LogP contribution < -0.4 is 10.6 Å². The van der Waals surface area contributed by atoms with Gasteiger partial charge in [0.2, 0.25) is 0 Å². The average Bonchev–Trinajstić information content (AvgIpc) is 3.07. The molecular weight excluding hydrogens is 392 g/mol. The van der Waals surface area contributed by atoms with E-state index in [1.165, 1.54) is 26.1 Å². The number of halogens is 2. The van der Waals surface area contributed by atoms with E-state index in [2.05, 4.69) is 20.6 Å². The molecule has 9 heteroatoms. The molecule has 3 N–H and O–H groups in total. The number of anilines is 1. The first kappa shape index (κ1) is 21.6. The van der Waals surface area contributed by atoms with Crippen LogP contribution in [-0.4, -0.2) is 49.9 Å². The maximum Gasteiger partial charge on any atom is 0.255 e. The Labute approximate surface area is 173 Å². The number of nitrogens with zero attached hydrogens (tertiary/aromatic N) is 3. The number of rotatable bonds is 7. The van der Waals surface area contributed by atoms with Gasteiger partial charge in [-0.15, -0.1) is 0 Å². The fourth-order valence-corrected chi connectivity index (χ4v) is 2.90. The van der Waals surface area contributed by atoms with E-state index in [-0.39, 0.29) is 18.2 Å². The van der Waals surface area contributed by atoms with Gasteiger partial charge in [0.05, 0.1) is 29.6 Å². The van der Waals surface area contributed by atoms with E-state index in [9.17, 15) is 18.7 Å². The van der Waals surface area contributed by atoms with Gasteiger partial charge in [-0.05, 0) is 39.8 Å². The molecular formula is C21H25F2N5O2. The van der Waals surface area contributed by atoms with Crippen LogP contribution in [0, 0.1) is 5.82 Å². The van der Waals surface area contributed by atoms with Gasteiger partial charge in [-0.3, -0.25) is 9.36 Å². The monoisotopic (exact) mass is 417 g/mol. The van der Waals surface area contributed by atoms with E-state index in [1.54, 1.807) is 22.9 Å². The van der Waals surface area contributed by atoms with E-state index in [0.717, 1.165) is 6.20 Å². The molecule has 7 nitrogen and oxygen atoms in total. The van der Waals surface area contributed by atoms with Gasteiger partial charge in [0.1, 0.15) is 23.5 Å². The van der Waals surface area contributed by atoms with Crippen molar-refractivity contribution < 1.29 is 18.7 Å². The Morgan fingerprint density at radius 3 is 2.67 bits per heavy atom. The van der Waals surface area contributed by atoms with Crippen molar-refractivity contribution in [2.24, 2.45) is 0 Å². The minimum Gasteiger partial charge on any atom is -0.387 e. The van der Waals surface area contributed by atoms with Gasteiger partial charge in [-0.25, -0.2) is 18.7 Å². The highest BCUT2D eigenvalue weighted by atomic mass is 19.1. The predicted octanol–water partition coefficient (Wildman–Crippen LogP) is 3.22. The number of alkyl halides is 1. The van der Waals surface area contributed by atoms with Crippen LogP contribution in [-0.2, 0) is 0 Å². The van der Waals surface area contributed by atoms with Crippen LogP contribution in [0.4, 0.5) is 14.5 Å². The molecule has 0 bridgehead atoms. The van der Waals surface area contributed by atoms with Crippen LogP contribution in [0.1, 0.15) is 38.1 Å². The Hall–Kier alpha value is -3.07. The van der Waals surface area contributed by atoms with E-state index >= 15 is 0 Å². The molecule has 0 radical (unpaired) electrons. The minimum absolute atomic E-state index is 0.0192. The van der Waals surface area contributed by atoms with Crippen LogP contribution in [0.2, 0.25) is 0 Å². The molecule has 160 valence electrons. The summed E-state index contributed by atoms with van der Waals surface area (Å²) in [6, 6.07) is 4.80. The van der Waals surface area contributed by atoms with Crippen molar-refractivity contribution in [3.05, 3.63) is 48.2 Å². The van der Waals surface area contributed by atoms with Gasteiger partial charge < -0.3 is 15.7 Å². The van der Waals surface area contributed by atoms with Gasteiger partial charge >= 0.3 is 0 Å². The molecule has 0 aliphatic carbocycles. The molecule has 1 atom stereocenters. The summed E-state index contributed by atoms with van der Waals surface area (Å²) in [5.41, 5.74) is -0.279. The summed E-state index contributed by atoms with van der Waals surface area (Å²) in [5, 5.41) is 16.0. The summed E-state index contributed by atoms with van der Waals surface area (Å²) in [5.74, 6) is -0.454. The van der Waals surface area contributed by atoms with Gasteiger partial charge in [-0.2, -0.15) is 0 Å². The third kappa shape index (κ3) is 4.73. The third-order valence-electron chi connectivity index (χ3n) is 4.53. The summed E-state index contributed by atoms with van der Waals surface area (Å²) >= 11 is 0. The lowest BCUT2D eigenvalue weighted by atomic mass is 10.0. The van der Waals surface area contributed by atoms with Gasteiger partial charge in [0.15, 0.2) is 0 Å². The first-order chi connectivity index (χ1) is 14.1. The Kier molecular flexibility index (Phi) is 6.02. The first-order valence-corrected chi connectivity index (χ1v) is 9.60. The molecule has 0 aromatic carbocycles. The van der Waals surface area contributed by atoms with E-state index in [4.69, 9.17) is 0 Å². The topological polar surface area (TPSA) is 92.1 Å². The number of aromatic nitrogens is 3. The molecule has 0 fully saturated rings. The van der Waals surface area contributed by atoms with Crippen LogP contribution in [0.5, 0.6) is 0 Å². The number of carbonyl (C=O) groups is 1. The second kappa shape index (κ2) is 8.35. The molecule has 0 aliphatic rings. The van der Waals surface area contributed by atoms with Crippen molar-refractivity contribution >= 4 is 22.6 Å². The van der Waals surface area contributed by atoms with Crippen LogP contribution in [0.25, 0.3) is 16.9 Å². The molecule has 1 amide bonds. The van der Waals surface area contributed by atoms with Crippen molar-refractivity contribution in [2.45, 2.75) is 45.5 Å². The standard InChI is InChI=1S/C21H25F2N5O2/c1-12(2)27-16-8-18(28-6-5-13-7-14(22)9-25-19(13)28)24-10-15(16)20(29)26-11-17(23)21(3,4)30/h5-10,12,17,30H,11H2,1-4H3,(H,24,27)(H,26,29). The lowest BCUT2D eigenvalue weighted by Crippen LogP contribution is -2.42. The van der Waals surface area contributed by atoms with Crippen molar-refractivity contribution in [1.29, 1.82) is 0 Å². The molecule has 3 aromatic heterocycles. The number of amides is 1. The summed E-state index contributed by atoms with van der Waals surface area (Å²) in [6.07, 6.45) is 2.62. The zero-order valence-electron chi connectivity index (χ0n) is 17.3. The Balaban J connectivity index is 1.92. The van der Waals surface area contributed by atoms with E-state index in [1.807, 2.05) is 13.8 Å². The van der Waals surface area contributed by atoms with Gasteiger partial charge in [0, 0.05) is 29.9 Å². The highest BCUT2D eigenvalue weighted by Crippen LogP contribution is 2.23. The third-order valence-corrected chi connectivity index (χ3v) is 4.53. The highest BCUT2D eigenvalue weighted by Gasteiger charge is 2.27. The molecule has 0 spiro atoms. The molecule has 30 heavy (non-hydrogen) atoms. The van der Waals surface area contributed by atoms with Gasteiger partial charge in [-0.1, -0.05) is 0 Å². The Bertz CT molecular complexity index is 1060. The number of carbonyl (C=O) groups excluding carboxylic acids is 1. The minimum atomic E-state index is -1.62. The maximum atomic E-state index is 14.0. The second-order valence-electron chi connectivity index (χ2n) is 7.97. The number of fused-ring (bicyclic) bond motifs is 1. The summed E-state index contributed by atoms with van der Waals surface area (Å²) in [7, 11) is 0. The van der Waals surface area contributed by atoms with Crippen molar-refractivity contribution in [1.82, 2.24) is 19.9 Å². The maximum absolute atomic E-state index is 14.0. The summed E-state index contributed by atoms with van der Waals surface area (Å²) < 4.78 is 29.1. The van der Waals surface area contributed by atoms with Crippen molar-refractivity contribution in [2.75, 3.05) is 11.9 Å². The van der Waals surface area contributed by atoms with Crippen LogP contribution in [0.3, 0.4) is 0 Å². The zero-order valence-corrected chi connectivity index (χ0v) is 17.3. The Morgan fingerprint density at radius 1 is 1.27 bits per heavy atom. The molecule has 1 unspecified atom stereocenters. The summed E-state index contributed by atoms with van der Waals surface area (Å²) in [4.78, 5) is 21.1. The average molecular weight is 417 g/mol. The smallest absolute Gasteiger partial charge is 0.255 e. The molecule has 0 saturated carbocycles. The lowest BCUT2D eigenvalue weighted by molar-refractivity contribution is -0.00177. The Morgan fingerprint density at radius 2 is 2.00 bits per heavy atom. The van der Waals surface area contributed by atoms with Crippen LogP contribution in [0.15, 0.2) is 36.8 Å². The van der Waals surface area contributed by atoms with Crippen molar-refractivity contribution in [3.8, 4) is 5.82 Å². The predicted molar refractivity (Wildman–Crippen MR) is 111 cm³/mol. The molecule has 3 heterocycles. The lowest BCUT2D eigenvalue weighted by Gasteiger charge is -2.23. The molecule has 3 aromatic rings. The number of pyridine rings is 2. The molecule has 3 rings (SSSR count). The quantitative estimate of drug-likeness (QED) is 0.549. The fraction of sp³-hybridized carbons (Fsp3) is 0.381. The van der Waals surface area contributed by atoms with Crippen LogP contribution >= 0.6 is 0 Å². The molecule has 0 saturated heterocycles. The number of hydrogen-bond donors (Lipinski definition) is 3. The van der Waals surface area contributed by atoms with E-state index in [0.29, 0.717) is 22.5 Å². The first-order valence-electron chi connectivity index (χ1n) is 9.60. The second-order valence-corrected chi connectivity index (χ2v) is 7.97. The fourth-order valence-electron chi connectivity index (χ4n) is 2.90. The molecule has 0 aliphatic heterocycles. The zero-order chi connectivity index (χ0) is 22.1. The number of aliphatic hydroxyl groups is 1.